The van der Waals surface area contributed by atoms with E-state index in [9.17, 15) is 9.59 Å². The Morgan fingerprint density at radius 2 is 1.84 bits per heavy atom. The average molecular weight is 344 g/mol. The van der Waals surface area contributed by atoms with Crippen LogP contribution in [-0.2, 0) is 9.59 Å². The van der Waals surface area contributed by atoms with Crippen molar-refractivity contribution in [2.75, 3.05) is 14.1 Å². The van der Waals surface area contributed by atoms with Crippen molar-refractivity contribution in [3.8, 4) is 0 Å². The van der Waals surface area contributed by atoms with Crippen LogP contribution in [0.1, 0.15) is 53.4 Å². The van der Waals surface area contributed by atoms with Crippen molar-refractivity contribution in [3.05, 3.63) is 23.0 Å². The quantitative estimate of drug-likeness (QED) is 0.482. The third-order valence-corrected chi connectivity index (χ3v) is 6.05. The summed E-state index contributed by atoms with van der Waals surface area (Å²) in [7, 11) is 3.68. The van der Waals surface area contributed by atoms with Gasteiger partial charge in [0.15, 0.2) is 5.78 Å². The molecule has 0 spiro atoms. The number of nitrogens with one attached hydrogen (secondary N) is 1. The number of hydrogen-bond acceptors (Lipinski definition) is 3. The highest BCUT2D eigenvalue weighted by atomic mass is 16.2. The van der Waals surface area contributed by atoms with E-state index in [1.54, 1.807) is 11.1 Å². The Hall–Kier alpha value is -1.58. The molecule has 3 aliphatic carbocycles. The zero-order chi connectivity index (χ0) is 18.5. The summed E-state index contributed by atoms with van der Waals surface area (Å²) < 4.78 is 0. The second-order valence-corrected chi connectivity index (χ2v) is 9.52. The van der Waals surface area contributed by atoms with Crippen LogP contribution in [0.5, 0.6) is 0 Å². The maximum atomic E-state index is 13.0. The summed E-state index contributed by atoms with van der Waals surface area (Å²) in [6.07, 6.45) is 6.62. The van der Waals surface area contributed by atoms with Crippen LogP contribution in [-0.4, -0.2) is 30.7 Å². The van der Waals surface area contributed by atoms with E-state index in [2.05, 4.69) is 12.2 Å². The molecule has 4 nitrogen and oxygen atoms in total. The minimum absolute atomic E-state index is 0.112. The molecule has 2 saturated carbocycles. The van der Waals surface area contributed by atoms with Crippen LogP contribution in [0.2, 0.25) is 0 Å². The third-order valence-electron chi connectivity index (χ3n) is 6.05. The average Bonchev–Trinajstić information content (AvgIpc) is 2.73. The first-order valence-electron chi connectivity index (χ1n) is 9.55. The maximum absolute atomic E-state index is 13.0. The molecule has 0 aromatic rings. The van der Waals surface area contributed by atoms with Crippen LogP contribution in [0.15, 0.2) is 23.0 Å². The van der Waals surface area contributed by atoms with Crippen molar-refractivity contribution in [2.45, 2.75) is 53.4 Å². The van der Waals surface area contributed by atoms with Gasteiger partial charge in [-0.3, -0.25) is 9.59 Å². The molecule has 1 amide bonds. The number of Topliss-reactive ketones (excluding diaryl/α,β-unsaturated/α-hetero) is 1. The molecule has 0 radical (unpaired) electrons. The summed E-state index contributed by atoms with van der Waals surface area (Å²) in [5, 5.41) is 3.16. The van der Waals surface area contributed by atoms with Gasteiger partial charge >= 0.3 is 0 Å². The lowest BCUT2D eigenvalue weighted by Crippen LogP contribution is -2.38. The number of allylic oxidation sites excluding steroid dienone is 2. The minimum Gasteiger partial charge on any atom is -0.383 e. The molecule has 2 fully saturated rings. The lowest BCUT2D eigenvalue weighted by Gasteiger charge is -2.38. The van der Waals surface area contributed by atoms with Crippen molar-refractivity contribution in [3.63, 3.8) is 0 Å². The second kappa shape index (κ2) is 6.30. The number of rotatable bonds is 4. The van der Waals surface area contributed by atoms with E-state index in [1.165, 1.54) is 18.4 Å². The van der Waals surface area contributed by atoms with Gasteiger partial charge in [-0.1, -0.05) is 27.7 Å². The van der Waals surface area contributed by atoms with Gasteiger partial charge in [0.05, 0.1) is 5.57 Å². The summed E-state index contributed by atoms with van der Waals surface area (Å²) in [6, 6.07) is 0. The first kappa shape index (κ1) is 18.2. The fourth-order valence-electron chi connectivity index (χ4n) is 4.88. The third kappa shape index (κ3) is 3.40. The molecular weight excluding hydrogens is 312 g/mol. The summed E-state index contributed by atoms with van der Waals surface area (Å²) in [5.74, 6) is 2.35. The molecule has 0 heterocycles. The van der Waals surface area contributed by atoms with E-state index in [-0.39, 0.29) is 17.3 Å². The van der Waals surface area contributed by atoms with Crippen molar-refractivity contribution in [2.24, 2.45) is 29.1 Å². The maximum Gasteiger partial charge on any atom is 0.260 e. The Bertz CT molecular complexity index is 651. The summed E-state index contributed by atoms with van der Waals surface area (Å²) >= 11 is 0. The van der Waals surface area contributed by atoms with Crippen LogP contribution in [0.4, 0.5) is 0 Å². The monoisotopic (exact) mass is 344 g/mol. The zero-order valence-electron chi connectivity index (χ0n) is 16.5. The fourth-order valence-corrected chi connectivity index (χ4v) is 4.88. The molecule has 0 aromatic heterocycles. The minimum atomic E-state index is -0.577. The van der Waals surface area contributed by atoms with Crippen molar-refractivity contribution in [1.29, 1.82) is 0 Å². The lowest BCUT2D eigenvalue weighted by molar-refractivity contribution is -0.126. The Morgan fingerprint density at radius 3 is 2.44 bits per heavy atom. The predicted octanol–water partition coefficient (Wildman–Crippen LogP) is 3.50. The van der Waals surface area contributed by atoms with Gasteiger partial charge in [-0.05, 0) is 54.9 Å². The first-order valence-corrected chi connectivity index (χ1v) is 9.55. The van der Waals surface area contributed by atoms with Crippen LogP contribution in [0, 0.1) is 29.1 Å². The van der Waals surface area contributed by atoms with Crippen LogP contribution < -0.4 is 5.32 Å². The molecule has 4 atom stereocenters. The molecule has 3 aliphatic rings. The lowest BCUT2D eigenvalue weighted by atomic mass is 9.69. The molecule has 0 saturated heterocycles. The Balaban J connectivity index is 1.85. The number of nitrogens with zero attached hydrogens (tertiary/aromatic N) is 1. The number of amides is 1. The van der Waals surface area contributed by atoms with Crippen LogP contribution in [0.25, 0.3) is 0 Å². The SMILES string of the molecule is CC1CC2CC3CC(=C1NC(=O)C(=CN(C)C)C(=O)C(C)(C)C)C3C2. The Morgan fingerprint density at radius 1 is 1.16 bits per heavy atom. The van der Waals surface area contributed by atoms with Gasteiger partial charge in [-0.15, -0.1) is 0 Å². The summed E-state index contributed by atoms with van der Waals surface area (Å²) in [4.78, 5) is 27.6. The number of carbonyl (C=O) groups excluding carboxylic acids is 2. The Kier molecular flexibility index (Phi) is 4.59. The van der Waals surface area contributed by atoms with E-state index in [1.807, 2.05) is 34.9 Å². The van der Waals surface area contributed by atoms with Crippen molar-refractivity contribution < 1.29 is 9.59 Å². The van der Waals surface area contributed by atoms with Gasteiger partial charge in [0.1, 0.15) is 0 Å². The van der Waals surface area contributed by atoms with Crippen molar-refractivity contribution >= 4 is 11.7 Å². The molecule has 4 unspecified atom stereocenters. The topological polar surface area (TPSA) is 49.4 Å². The predicted molar refractivity (Wildman–Crippen MR) is 99.5 cm³/mol. The van der Waals surface area contributed by atoms with Gasteiger partial charge in [-0.2, -0.15) is 0 Å². The Labute approximate surface area is 151 Å². The molecule has 25 heavy (non-hydrogen) atoms. The summed E-state index contributed by atoms with van der Waals surface area (Å²) in [6.45, 7) is 7.80. The highest BCUT2D eigenvalue weighted by Gasteiger charge is 2.48. The van der Waals surface area contributed by atoms with E-state index < -0.39 is 5.41 Å². The van der Waals surface area contributed by atoms with Gasteiger partial charge in [0, 0.05) is 31.4 Å². The first-order chi connectivity index (χ1) is 11.6. The molecule has 0 aliphatic heterocycles. The largest absolute Gasteiger partial charge is 0.383 e. The number of carbonyl (C=O) groups is 2. The smallest absolute Gasteiger partial charge is 0.260 e. The number of ketones is 1. The van der Waals surface area contributed by atoms with Crippen molar-refractivity contribution in [1.82, 2.24) is 10.2 Å². The standard InChI is InChI=1S/C21H32N2O2/c1-12-7-13-8-14-10-16(15(14)9-13)18(12)22-20(25)17(11-23(5)6)19(24)21(2,3)4/h11-15H,7-10H2,1-6H3,(H,22,25). The van der Waals surface area contributed by atoms with E-state index in [0.717, 1.165) is 30.4 Å². The molecule has 2 bridgehead atoms. The number of fused-ring (bicyclic) bond motifs is 1. The highest BCUT2D eigenvalue weighted by Crippen LogP contribution is 2.58. The van der Waals surface area contributed by atoms with Gasteiger partial charge in [0.2, 0.25) is 0 Å². The molecule has 138 valence electrons. The molecular formula is C21H32N2O2. The van der Waals surface area contributed by atoms with Gasteiger partial charge in [0.25, 0.3) is 5.91 Å². The van der Waals surface area contributed by atoms with Crippen LogP contribution in [0.3, 0.4) is 0 Å². The van der Waals surface area contributed by atoms with Crippen LogP contribution >= 0.6 is 0 Å². The normalized spacial score (nSPS) is 31.4. The fraction of sp³-hybridized carbons (Fsp3) is 0.714. The van der Waals surface area contributed by atoms with Gasteiger partial charge < -0.3 is 10.2 Å². The van der Waals surface area contributed by atoms with E-state index >= 15 is 0 Å². The molecule has 4 heteroatoms. The van der Waals surface area contributed by atoms with E-state index in [0.29, 0.717) is 11.8 Å². The van der Waals surface area contributed by atoms with E-state index in [4.69, 9.17) is 0 Å². The van der Waals surface area contributed by atoms with Gasteiger partial charge in [-0.25, -0.2) is 0 Å². The summed E-state index contributed by atoms with van der Waals surface area (Å²) in [5.41, 5.74) is 2.24. The molecule has 3 rings (SSSR count). The number of hydrogen-bond donors (Lipinski definition) is 1. The second-order valence-electron chi connectivity index (χ2n) is 9.52. The molecule has 0 aromatic carbocycles. The zero-order valence-corrected chi connectivity index (χ0v) is 16.5. The molecule has 1 N–H and O–H groups in total. The highest BCUT2D eigenvalue weighted by molar-refractivity contribution is 6.21.